The summed E-state index contributed by atoms with van der Waals surface area (Å²) in [5.41, 5.74) is 0.614. The van der Waals surface area contributed by atoms with Crippen molar-refractivity contribution in [2.45, 2.75) is 45.6 Å². The van der Waals surface area contributed by atoms with E-state index in [0.717, 1.165) is 35.8 Å². The normalized spacial score (nSPS) is 10.7. The van der Waals surface area contributed by atoms with E-state index in [1.807, 2.05) is 30.3 Å². The van der Waals surface area contributed by atoms with E-state index in [4.69, 9.17) is 4.42 Å². The monoisotopic (exact) mass is 287 g/mol. The summed E-state index contributed by atoms with van der Waals surface area (Å²) in [5, 5.41) is 0. The molecule has 112 valence electrons. The molecule has 0 spiro atoms. The lowest BCUT2D eigenvalue weighted by Gasteiger charge is -2.05. The molecule has 0 bridgehead atoms. The molecule has 1 heterocycles. The third kappa shape index (κ3) is 4.45. The van der Waals surface area contributed by atoms with Crippen molar-refractivity contribution in [3.63, 3.8) is 0 Å². The molecule has 0 N–H and O–H groups in total. The van der Waals surface area contributed by atoms with Gasteiger partial charge in [-0.15, -0.1) is 0 Å². The molecule has 0 aliphatic heterocycles. The summed E-state index contributed by atoms with van der Waals surface area (Å²) < 4.78 is 6.38. The van der Waals surface area contributed by atoms with Gasteiger partial charge in [-0.1, -0.05) is 56.5 Å². The Morgan fingerprint density at radius 3 is 2.48 bits per heavy atom. The molecule has 0 aliphatic carbocycles. The molecule has 21 heavy (non-hydrogen) atoms. The number of rotatable bonds is 7. The standard InChI is InChI=1S/C17H21NO3/c1-2-3-4-8-11-15-12-16(19)18(17(20)21-15)13-14-9-6-5-7-10-14/h5-7,9-10,12H,2-4,8,11,13H2,1H3. The Labute approximate surface area is 124 Å². The maximum absolute atomic E-state index is 12.1. The number of nitrogens with zero attached hydrogens (tertiary/aromatic N) is 1. The first kappa shape index (κ1) is 15.3. The minimum absolute atomic E-state index is 0.248. The molecule has 2 aromatic rings. The van der Waals surface area contributed by atoms with Crippen LogP contribution in [0.15, 0.2) is 50.4 Å². The molecule has 0 radical (unpaired) electrons. The highest BCUT2D eigenvalue weighted by atomic mass is 16.4. The van der Waals surface area contributed by atoms with Gasteiger partial charge in [0.2, 0.25) is 0 Å². The van der Waals surface area contributed by atoms with Gasteiger partial charge in [-0.05, 0) is 12.0 Å². The van der Waals surface area contributed by atoms with Crippen LogP contribution in [0.1, 0.15) is 43.9 Å². The average Bonchev–Trinajstić information content (AvgIpc) is 2.48. The summed E-state index contributed by atoms with van der Waals surface area (Å²) in [6.45, 7) is 2.39. The lowest BCUT2D eigenvalue weighted by atomic mass is 10.1. The van der Waals surface area contributed by atoms with E-state index in [1.54, 1.807) is 0 Å². The van der Waals surface area contributed by atoms with Gasteiger partial charge < -0.3 is 4.42 Å². The number of unbranched alkanes of at least 4 members (excludes halogenated alkanes) is 3. The van der Waals surface area contributed by atoms with Crippen molar-refractivity contribution in [3.05, 3.63) is 68.6 Å². The van der Waals surface area contributed by atoms with Crippen molar-refractivity contribution in [1.82, 2.24) is 4.57 Å². The van der Waals surface area contributed by atoms with Gasteiger partial charge in [0.25, 0.3) is 5.56 Å². The number of benzene rings is 1. The summed E-state index contributed by atoms with van der Waals surface area (Å²) in [4.78, 5) is 24.0. The second-order valence-electron chi connectivity index (χ2n) is 5.20. The van der Waals surface area contributed by atoms with Gasteiger partial charge in [0.15, 0.2) is 0 Å². The van der Waals surface area contributed by atoms with Crippen molar-refractivity contribution in [1.29, 1.82) is 0 Å². The minimum Gasteiger partial charge on any atom is -0.414 e. The van der Waals surface area contributed by atoms with Crippen LogP contribution in [-0.4, -0.2) is 4.57 Å². The van der Waals surface area contributed by atoms with Crippen LogP contribution in [0.4, 0.5) is 0 Å². The van der Waals surface area contributed by atoms with Gasteiger partial charge in [-0.25, -0.2) is 9.36 Å². The molecule has 0 fully saturated rings. The number of aromatic nitrogens is 1. The molecule has 0 saturated carbocycles. The van der Waals surface area contributed by atoms with Crippen molar-refractivity contribution >= 4 is 0 Å². The van der Waals surface area contributed by atoms with Crippen LogP contribution in [0.2, 0.25) is 0 Å². The summed E-state index contributed by atoms with van der Waals surface area (Å²) in [7, 11) is 0. The fourth-order valence-corrected chi connectivity index (χ4v) is 2.26. The molecule has 1 aromatic heterocycles. The van der Waals surface area contributed by atoms with E-state index in [1.165, 1.54) is 6.07 Å². The highest BCUT2D eigenvalue weighted by Crippen LogP contribution is 2.05. The van der Waals surface area contributed by atoms with Gasteiger partial charge >= 0.3 is 5.76 Å². The lowest BCUT2D eigenvalue weighted by Crippen LogP contribution is -2.33. The van der Waals surface area contributed by atoms with Crippen molar-refractivity contribution in [3.8, 4) is 0 Å². The fourth-order valence-electron chi connectivity index (χ4n) is 2.26. The molecule has 2 rings (SSSR count). The summed E-state index contributed by atoms with van der Waals surface area (Å²) >= 11 is 0. The van der Waals surface area contributed by atoms with Crippen LogP contribution in [0, 0.1) is 0 Å². The van der Waals surface area contributed by atoms with E-state index >= 15 is 0 Å². The second-order valence-corrected chi connectivity index (χ2v) is 5.20. The molecule has 0 unspecified atom stereocenters. The molecule has 0 saturated heterocycles. The molecule has 0 atom stereocenters. The largest absolute Gasteiger partial charge is 0.422 e. The quantitative estimate of drug-likeness (QED) is 0.736. The first-order chi connectivity index (χ1) is 10.2. The van der Waals surface area contributed by atoms with Crippen LogP contribution < -0.4 is 11.3 Å². The van der Waals surface area contributed by atoms with E-state index in [-0.39, 0.29) is 12.1 Å². The molecule has 0 amide bonds. The Morgan fingerprint density at radius 2 is 1.81 bits per heavy atom. The average molecular weight is 287 g/mol. The Morgan fingerprint density at radius 1 is 1.05 bits per heavy atom. The molecular weight excluding hydrogens is 266 g/mol. The van der Waals surface area contributed by atoms with Crippen LogP contribution in [0.25, 0.3) is 0 Å². The molecule has 4 nitrogen and oxygen atoms in total. The summed E-state index contributed by atoms with van der Waals surface area (Å²) in [6, 6.07) is 10.9. The number of aryl methyl sites for hydroxylation is 1. The highest BCUT2D eigenvalue weighted by Gasteiger charge is 2.07. The van der Waals surface area contributed by atoms with Crippen molar-refractivity contribution in [2.75, 3.05) is 0 Å². The third-order valence-corrected chi connectivity index (χ3v) is 3.45. The highest BCUT2D eigenvalue weighted by molar-refractivity contribution is 5.15. The van der Waals surface area contributed by atoms with E-state index in [2.05, 4.69) is 6.92 Å². The molecule has 0 aliphatic rings. The summed E-state index contributed by atoms with van der Waals surface area (Å²) in [6.07, 6.45) is 5.00. The first-order valence-corrected chi connectivity index (χ1v) is 7.48. The van der Waals surface area contributed by atoms with E-state index in [0.29, 0.717) is 12.2 Å². The Hall–Kier alpha value is -2.10. The van der Waals surface area contributed by atoms with Gasteiger partial charge in [0.05, 0.1) is 6.54 Å². The molecular formula is C17H21NO3. The zero-order valence-electron chi connectivity index (χ0n) is 12.4. The lowest BCUT2D eigenvalue weighted by molar-refractivity contribution is 0.389. The predicted octanol–water partition coefficient (Wildman–Crippen LogP) is 2.97. The fraction of sp³-hybridized carbons (Fsp3) is 0.412. The first-order valence-electron chi connectivity index (χ1n) is 7.48. The van der Waals surface area contributed by atoms with Gasteiger partial charge in [-0.2, -0.15) is 0 Å². The Kier molecular flexibility index (Phi) is 5.55. The summed E-state index contributed by atoms with van der Waals surface area (Å²) in [5.74, 6) is -0.0812. The van der Waals surface area contributed by atoms with Crippen LogP contribution in [-0.2, 0) is 13.0 Å². The van der Waals surface area contributed by atoms with Gasteiger partial charge in [-0.3, -0.25) is 4.79 Å². The van der Waals surface area contributed by atoms with Crippen LogP contribution in [0.5, 0.6) is 0 Å². The minimum atomic E-state index is -0.572. The van der Waals surface area contributed by atoms with Crippen molar-refractivity contribution < 1.29 is 4.42 Å². The maximum atomic E-state index is 12.1. The zero-order valence-corrected chi connectivity index (χ0v) is 12.4. The smallest absolute Gasteiger partial charge is 0.414 e. The predicted molar refractivity (Wildman–Crippen MR) is 82.6 cm³/mol. The maximum Gasteiger partial charge on any atom is 0.422 e. The van der Waals surface area contributed by atoms with E-state index < -0.39 is 5.76 Å². The topological polar surface area (TPSA) is 52.2 Å². The van der Waals surface area contributed by atoms with Gasteiger partial charge in [0.1, 0.15) is 5.76 Å². The third-order valence-electron chi connectivity index (χ3n) is 3.45. The Bertz CT molecular complexity index is 639. The number of hydrogen-bond donors (Lipinski definition) is 0. The van der Waals surface area contributed by atoms with Crippen molar-refractivity contribution in [2.24, 2.45) is 0 Å². The molecule has 1 aromatic carbocycles. The number of hydrogen-bond acceptors (Lipinski definition) is 3. The Balaban J connectivity index is 2.11. The van der Waals surface area contributed by atoms with Crippen LogP contribution in [0.3, 0.4) is 0 Å². The van der Waals surface area contributed by atoms with E-state index in [9.17, 15) is 9.59 Å². The second kappa shape index (κ2) is 7.62. The van der Waals surface area contributed by atoms with Gasteiger partial charge in [0, 0.05) is 12.5 Å². The zero-order chi connectivity index (χ0) is 15.1. The molecule has 4 heteroatoms. The SMILES string of the molecule is CCCCCCc1cc(=O)n(Cc2ccccc2)c(=O)o1. The van der Waals surface area contributed by atoms with Crippen LogP contribution >= 0.6 is 0 Å².